The molecule has 0 amide bonds. The Morgan fingerprint density at radius 1 is 0.333 bits per heavy atom. The van der Waals surface area contributed by atoms with E-state index in [4.69, 9.17) is 0 Å². The summed E-state index contributed by atoms with van der Waals surface area (Å²) in [6, 6.07) is 79.2. The van der Waals surface area contributed by atoms with Crippen molar-refractivity contribution >= 4 is 163 Å². The summed E-state index contributed by atoms with van der Waals surface area (Å²) < 4.78 is 0. The van der Waals surface area contributed by atoms with Gasteiger partial charge in [0.2, 0.25) is 0 Å². The fourth-order valence-corrected chi connectivity index (χ4v) is 38.2. The van der Waals surface area contributed by atoms with Crippen molar-refractivity contribution in [2.75, 3.05) is 24.0 Å². The third kappa shape index (κ3) is 37.9. The van der Waals surface area contributed by atoms with Crippen LogP contribution in [0.25, 0.3) is 13.2 Å². The number of fused-ring (bicyclic) bond motifs is 1. The summed E-state index contributed by atoms with van der Waals surface area (Å²) in [6.45, 7) is 15.2. The number of halogens is 3. The molecule has 0 saturated carbocycles. The van der Waals surface area contributed by atoms with Gasteiger partial charge in [0.15, 0.2) is 0 Å². The highest BCUT2D eigenvalue weighted by Gasteiger charge is 2.28. The normalized spacial score (nSPS) is 16.0. The summed E-state index contributed by atoms with van der Waals surface area (Å²) in [4.78, 5) is 1.08. The third-order valence-electron chi connectivity index (χ3n) is 17.9. The molecule has 3 aliphatic rings. The minimum atomic E-state index is 0. The molecule has 105 heavy (non-hydrogen) atoms. The van der Waals surface area contributed by atoms with Crippen molar-refractivity contribution < 1.29 is 0 Å². The lowest BCUT2D eigenvalue weighted by molar-refractivity contribution is 0.523. The largest absolute Gasteiger partial charge is 0.165 e. The zero-order valence-electron chi connectivity index (χ0n) is 54.1. The van der Waals surface area contributed by atoms with Crippen molar-refractivity contribution in [3.8, 4) is 0 Å². The maximum Gasteiger partial charge on any atom is 0.0401 e. The van der Waals surface area contributed by atoms with Crippen LogP contribution in [-0.4, -0.2) is 28.8 Å². The van der Waals surface area contributed by atoms with Crippen LogP contribution in [0.3, 0.4) is 0 Å². The summed E-state index contributed by atoms with van der Waals surface area (Å²) in [5.41, 5.74) is 15.9. The number of thioether (sulfide) groups is 2. The first-order chi connectivity index (χ1) is 45.4. The van der Waals surface area contributed by atoms with Crippen LogP contribution < -0.4 is 10.4 Å². The summed E-state index contributed by atoms with van der Waals surface area (Å²) in [7, 11) is 14.7. The second-order valence-electron chi connectivity index (χ2n) is 24.4. The van der Waals surface area contributed by atoms with Crippen molar-refractivity contribution in [1.82, 2.24) is 0 Å². The Morgan fingerprint density at radius 2 is 0.629 bits per heavy atom. The molecule has 1 heterocycles. The first-order valence-electron chi connectivity index (χ1n) is 32.2. The minimum absolute atomic E-state index is 0. The van der Waals surface area contributed by atoms with Crippen LogP contribution in [0.1, 0.15) is 249 Å². The minimum Gasteiger partial charge on any atom is -0.165 e. The predicted octanol–water partition coefficient (Wildman–Crippen LogP) is 35.3. The van der Waals surface area contributed by atoms with Gasteiger partial charge >= 0.3 is 0 Å². The monoisotopic (exact) mass is 1800 g/mol. The fourth-order valence-electron chi connectivity index (χ4n) is 12.6. The Kier molecular flexibility index (Phi) is 66.3. The number of hydrogen-bond donors (Lipinski definition) is 0. The van der Waals surface area contributed by atoms with Gasteiger partial charge < -0.3 is 0 Å². The lowest BCUT2D eigenvalue weighted by Gasteiger charge is -2.29. The molecule has 2 aliphatic carbocycles. The molecule has 11 unspecified atom stereocenters. The molecule has 586 valence electrons. The number of alkyl halides is 3. The highest BCUT2D eigenvalue weighted by molar-refractivity contribution is 9.60. The van der Waals surface area contributed by atoms with Crippen molar-refractivity contribution in [3.05, 3.63) is 308 Å². The number of rotatable bonds is 25. The Bertz CT molecular complexity index is 3530. The quantitative estimate of drug-likeness (QED) is 0.0399. The molecule has 0 N–H and O–H groups in total. The van der Waals surface area contributed by atoms with Gasteiger partial charge in [0.1, 0.15) is 0 Å². The number of allylic oxidation sites excluding steroid dienone is 4. The van der Waals surface area contributed by atoms with Gasteiger partial charge in [-0.05, 0) is 194 Å². The van der Waals surface area contributed by atoms with Crippen LogP contribution in [0.2, 0.25) is 0 Å². The lowest BCUT2D eigenvalue weighted by atomic mass is 9.81. The van der Waals surface area contributed by atoms with E-state index in [1.165, 1.54) is 86.4 Å². The molecule has 1 saturated heterocycles. The van der Waals surface area contributed by atoms with E-state index < -0.39 is 0 Å². The molecule has 0 nitrogen and oxygen atoms in total. The van der Waals surface area contributed by atoms with Crippen molar-refractivity contribution in [2.24, 2.45) is 11.8 Å². The molecule has 0 spiro atoms. The molecule has 0 bridgehead atoms. The molecule has 8 aromatic rings. The van der Waals surface area contributed by atoms with E-state index in [9.17, 15) is 0 Å². The number of aryl methyl sites for hydroxylation is 2. The predicted molar refractivity (Wildman–Crippen MR) is 529 cm³/mol. The number of benzene rings is 8. The molecule has 1 fully saturated rings. The first-order valence-corrected chi connectivity index (χ1v) is 48.4. The van der Waals surface area contributed by atoms with Gasteiger partial charge in [0.05, 0.1) is 0 Å². The van der Waals surface area contributed by atoms with Gasteiger partial charge in [0, 0.05) is 93.1 Å². The summed E-state index contributed by atoms with van der Waals surface area (Å²) >= 11 is 16.0. The van der Waals surface area contributed by atoms with Crippen molar-refractivity contribution in [1.29, 1.82) is 0 Å². The third-order valence-corrected chi connectivity index (χ3v) is 39.9. The van der Waals surface area contributed by atoms with E-state index in [0.29, 0.717) is 61.8 Å². The standard InChI is InChI=1S/C28H35BrS2.2C26H27Br.12CH4.S8/c1-21(22-10-6-4-7-11-22)16-26(23-12-8-5-9-13-23)18-28(29)24-14-15-25(19-30-2)27(17-24)20-31-3;1-19(20-8-4-2-5-9-20)16-25(21-10-6-3-7-11-21)18-26(27)24-15-13-22-12-14-23(22)17-24;1-19-14-15-24(16-20(19)2)26(27)18-25(23-12-8-5-9-13-23)17-21(3)22-10-6-4-7-11-22;;;;;;;;;;;;;1-2-4-6-8-7-5-3-1/h4-15,17,21,25-28H,16,18-20H2,1-3H3;2-11,13,15,17,19,25-26H,12,14,16,18H2,1H3;4-16,21,25-26H,1-2,17-18H2,3H3;12*1H4;. The van der Waals surface area contributed by atoms with Gasteiger partial charge in [-0.3, -0.25) is 0 Å². The average molecular weight is 1800 g/mol. The Hall–Kier alpha value is -2.08. The molecule has 8 aromatic carbocycles. The van der Waals surface area contributed by atoms with Gasteiger partial charge in [0.25, 0.3) is 0 Å². The van der Waals surface area contributed by atoms with Gasteiger partial charge in [-0.15, -0.1) is 0 Å². The SMILES string of the molecule is C.C.C.C.C.C.C.C.C.C.C.C.C=c1ccc(C(Br)CC(CC(C)c2ccccc2)c2ccccc2)cc1=C.CC(CC(CC(Br)c1ccc2c(c1)CC2)c1ccccc1)c1ccccc1.CSCC1C=CC(C(Br)CC(CC(C)c2ccccc2)c2ccccc2)=CC1CSC.S1SSSSSSS1. The van der Waals surface area contributed by atoms with Crippen LogP contribution in [-0.2, 0) is 12.8 Å². The molecular weight excluding hydrogens is 1670 g/mol. The molecule has 13 heteroatoms. The van der Waals surface area contributed by atoms with Crippen LogP contribution in [0.4, 0.5) is 0 Å². The maximum absolute atomic E-state index is 4.11. The smallest absolute Gasteiger partial charge is 0.0401 e. The number of hydrogen-bond acceptors (Lipinski definition) is 10. The van der Waals surface area contributed by atoms with Crippen LogP contribution in [0.15, 0.2) is 242 Å². The first kappa shape index (κ1) is 112. The van der Waals surface area contributed by atoms with Crippen LogP contribution >= 0.6 is 150 Å². The average Bonchev–Trinajstić information content (AvgIpc) is 0.817. The fraction of sp³-hybridized carbons (Fsp3) is 0.413. The molecule has 11 atom stereocenters. The van der Waals surface area contributed by atoms with Crippen LogP contribution in [0.5, 0.6) is 0 Å². The zero-order chi connectivity index (χ0) is 65.6. The Balaban J connectivity index is -0.000000428. The van der Waals surface area contributed by atoms with Gasteiger partial charge in [-0.2, -0.15) is 23.5 Å². The summed E-state index contributed by atoms with van der Waals surface area (Å²) in [5, 5.41) is 2.00. The highest BCUT2D eigenvalue weighted by Crippen LogP contribution is 2.66. The van der Waals surface area contributed by atoms with E-state index in [1.54, 1.807) is 5.56 Å². The Labute approximate surface area is 710 Å². The lowest BCUT2D eigenvalue weighted by Crippen LogP contribution is -2.21. The molecule has 11 rings (SSSR count). The zero-order valence-corrected chi connectivity index (χ0v) is 67.0. The second kappa shape index (κ2) is 62.5. The van der Waals surface area contributed by atoms with E-state index in [-0.39, 0.29) is 89.1 Å². The van der Waals surface area contributed by atoms with E-state index >= 15 is 0 Å². The van der Waals surface area contributed by atoms with Crippen LogP contribution in [0, 0.1) is 11.8 Å². The van der Waals surface area contributed by atoms with E-state index in [1.807, 2.05) is 102 Å². The van der Waals surface area contributed by atoms with E-state index in [0.717, 1.165) is 42.5 Å². The van der Waals surface area contributed by atoms with Crippen molar-refractivity contribution in [3.63, 3.8) is 0 Å². The highest BCUT2D eigenvalue weighted by atomic mass is 79.9. The molecule has 0 radical (unpaired) electrons. The second-order valence-corrected chi connectivity index (χ2v) is 43.7. The molecule has 0 aromatic heterocycles. The molecule has 1 aliphatic heterocycles. The Morgan fingerprint density at radius 3 is 0.933 bits per heavy atom. The van der Waals surface area contributed by atoms with E-state index in [2.05, 4.69) is 331 Å². The van der Waals surface area contributed by atoms with Gasteiger partial charge in [-0.25, -0.2) is 0 Å². The summed E-state index contributed by atoms with van der Waals surface area (Å²) in [6.07, 6.45) is 21.1. The molecular formula is C92H137Br3S10. The maximum atomic E-state index is 4.11. The summed E-state index contributed by atoms with van der Waals surface area (Å²) in [5.74, 6) is 6.86. The van der Waals surface area contributed by atoms with Crippen molar-refractivity contribution in [2.45, 2.75) is 211 Å². The van der Waals surface area contributed by atoms with Gasteiger partial charge in [-0.1, -0.05) is 407 Å². The topological polar surface area (TPSA) is 0 Å².